The zero-order valence-corrected chi connectivity index (χ0v) is 8.55. The van der Waals surface area contributed by atoms with Crippen molar-refractivity contribution in [1.29, 1.82) is 0 Å². The van der Waals surface area contributed by atoms with Crippen molar-refractivity contribution in [1.82, 2.24) is 10.8 Å². The molecule has 0 aliphatic carbocycles. The fourth-order valence-electron chi connectivity index (χ4n) is 0.695. The average Bonchev–Trinajstić information content (AvgIpc) is 2.12. The molecule has 1 atom stereocenters. The quantitative estimate of drug-likeness (QED) is 0.702. The van der Waals surface area contributed by atoms with E-state index in [1.807, 2.05) is 0 Å². The van der Waals surface area contributed by atoms with Crippen molar-refractivity contribution >= 4 is 12.0 Å². The summed E-state index contributed by atoms with van der Waals surface area (Å²) in [5.41, 5.74) is 1.30. The number of methoxy groups -OCH3 is 1. The van der Waals surface area contributed by atoms with E-state index < -0.39 is 24.2 Å². The summed E-state index contributed by atoms with van der Waals surface area (Å²) >= 11 is 0. The molecule has 0 bridgehead atoms. The van der Waals surface area contributed by atoms with Crippen LogP contribution in [0.25, 0.3) is 0 Å². The Labute approximate surface area is 89.0 Å². The molecule has 1 unspecified atom stereocenters. The predicted octanol–water partition coefficient (Wildman–Crippen LogP) is 0.341. The number of ether oxygens (including phenoxy) is 1. The van der Waals surface area contributed by atoms with Gasteiger partial charge in [0.25, 0.3) is 0 Å². The lowest BCUT2D eigenvalue weighted by Gasteiger charge is -2.13. The molecular weight excluding hydrogens is 233 g/mol. The second-order valence-corrected chi connectivity index (χ2v) is 2.82. The standard InChI is InChI=1S/C7H11F3N2O4/c1-4(3-15-2)11-6(14)12-16-5(13)7(8,9)10/h4H,3H2,1-2H3,(H2,11,12,14). The molecule has 9 heteroatoms. The van der Waals surface area contributed by atoms with Gasteiger partial charge in [-0.2, -0.15) is 18.7 Å². The molecule has 0 radical (unpaired) electrons. The van der Waals surface area contributed by atoms with Crippen molar-refractivity contribution in [2.45, 2.75) is 19.1 Å². The van der Waals surface area contributed by atoms with Gasteiger partial charge in [-0.15, -0.1) is 0 Å². The number of carbonyl (C=O) groups excluding carboxylic acids is 2. The molecule has 2 N–H and O–H groups in total. The summed E-state index contributed by atoms with van der Waals surface area (Å²) in [5, 5.41) is 2.17. The van der Waals surface area contributed by atoms with Crippen molar-refractivity contribution in [2.75, 3.05) is 13.7 Å². The highest BCUT2D eigenvalue weighted by atomic mass is 19.4. The van der Waals surface area contributed by atoms with Crippen molar-refractivity contribution in [3.05, 3.63) is 0 Å². The zero-order valence-electron chi connectivity index (χ0n) is 8.55. The number of nitrogens with one attached hydrogen (secondary N) is 2. The van der Waals surface area contributed by atoms with Crippen molar-refractivity contribution in [3.8, 4) is 0 Å². The number of hydrogen-bond acceptors (Lipinski definition) is 4. The number of halogens is 3. The molecule has 0 aliphatic rings. The first-order valence-electron chi connectivity index (χ1n) is 4.10. The van der Waals surface area contributed by atoms with E-state index in [2.05, 4.69) is 14.9 Å². The van der Waals surface area contributed by atoms with Crippen molar-refractivity contribution < 1.29 is 32.3 Å². The Bertz CT molecular complexity index is 257. The predicted molar refractivity (Wildman–Crippen MR) is 45.2 cm³/mol. The Morgan fingerprint density at radius 1 is 1.38 bits per heavy atom. The van der Waals surface area contributed by atoms with Crippen LogP contribution in [-0.4, -0.2) is 37.9 Å². The van der Waals surface area contributed by atoms with Gasteiger partial charge in [0.1, 0.15) is 0 Å². The molecule has 2 amide bonds. The molecule has 0 aromatic carbocycles. The van der Waals surface area contributed by atoms with Gasteiger partial charge in [-0.3, -0.25) is 0 Å². The van der Waals surface area contributed by atoms with E-state index in [9.17, 15) is 22.8 Å². The number of carbonyl (C=O) groups is 2. The highest BCUT2D eigenvalue weighted by Gasteiger charge is 2.42. The summed E-state index contributed by atoms with van der Waals surface area (Å²) < 4.78 is 39.5. The van der Waals surface area contributed by atoms with E-state index in [0.717, 1.165) is 0 Å². The Morgan fingerprint density at radius 2 is 1.94 bits per heavy atom. The monoisotopic (exact) mass is 244 g/mol. The second kappa shape index (κ2) is 6.16. The molecule has 6 nitrogen and oxygen atoms in total. The van der Waals surface area contributed by atoms with Gasteiger partial charge < -0.3 is 14.9 Å². The first kappa shape index (κ1) is 14.5. The first-order valence-corrected chi connectivity index (χ1v) is 4.10. The molecule has 0 saturated carbocycles. The van der Waals surface area contributed by atoms with E-state index >= 15 is 0 Å². The number of alkyl halides is 3. The van der Waals surface area contributed by atoms with E-state index in [-0.39, 0.29) is 6.61 Å². The van der Waals surface area contributed by atoms with Crippen molar-refractivity contribution in [2.24, 2.45) is 0 Å². The molecule has 0 aromatic heterocycles. The van der Waals surface area contributed by atoms with Gasteiger partial charge >= 0.3 is 18.2 Å². The van der Waals surface area contributed by atoms with Gasteiger partial charge in [0, 0.05) is 7.11 Å². The van der Waals surface area contributed by atoms with Crippen LogP contribution in [0.2, 0.25) is 0 Å². The fourth-order valence-corrected chi connectivity index (χ4v) is 0.695. The first-order chi connectivity index (χ1) is 7.27. The summed E-state index contributed by atoms with van der Waals surface area (Å²) in [6.07, 6.45) is -5.15. The average molecular weight is 244 g/mol. The Kier molecular flexibility index (Phi) is 5.57. The van der Waals surface area contributed by atoms with Crippen LogP contribution in [0, 0.1) is 0 Å². The molecule has 94 valence electrons. The third-order valence-electron chi connectivity index (χ3n) is 1.26. The van der Waals surface area contributed by atoms with Crippen LogP contribution in [-0.2, 0) is 14.4 Å². The molecular formula is C7H11F3N2O4. The highest BCUT2D eigenvalue weighted by Crippen LogP contribution is 2.15. The number of amides is 2. The third-order valence-corrected chi connectivity index (χ3v) is 1.26. The van der Waals surface area contributed by atoms with Crippen LogP contribution in [0.4, 0.5) is 18.0 Å². The molecule has 0 saturated heterocycles. The largest absolute Gasteiger partial charge is 0.493 e. The molecule has 0 aliphatic heterocycles. The lowest BCUT2D eigenvalue weighted by atomic mass is 10.4. The maximum absolute atomic E-state index is 11.6. The minimum absolute atomic E-state index is 0.167. The molecule has 0 aromatic rings. The normalized spacial score (nSPS) is 12.8. The van der Waals surface area contributed by atoms with Crippen molar-refractivity contribution in [3.63, 3.8) is 0 Å². The lowest BCUT2D eigenvalue weighted by molar-refractivity contribution is -0.204. The maximum atomic E-state index is 11.6. The third kappa shape index (κ3) is 6.06. The molecule has 0 spiro atoms. The van der Waals surface area contributed by atoms with Crippen LogP contribution in [0.5, 0.6) is 0 Å². The lowest BCUT2D eigenvalue weighted by Crippen LogP contribution is -2.44. The summed E-state index contributed by atoms with van der Waals surface area (Å²) in [5.74, 6) is -2.50. The Morgan fingerprint density at radius 3 is 2.38 bits per heavy atom. The minimum atomic E-state index is -5.15. The summed E-state index contributed by atoms with van der Waals surface area (Å²) in [7, 11) is 1.39. The number of hydroxylamine groups is 1. The SMILES string of the molecule is COCC(C)NC(=O)NOC(=O)C(F)(F)F. The van der Waals surface area contributed by atoms with Crippen LogP contribution in [0.3, 0.4) is 0 Å². The van der Waals surface area contributed by atoms with Gasteiger partial charge in [-0.1, -0.05) is 0 Å². The van der Waals surface area contributed by atoms with Crippen LogP contribution < -0.4 is 10.8 Å². The van der Waals surface area contributed by atoms with E-state index in [1.54, 1.807) is 6.92 Å². The van der Waals surface area contributed by atoms with E-state index in [1.165, 1.54) is 12.6 Å². The molecule has 0 heterocycles. The number of rotatable bonds is 3. The van der Waals surface area contributed by atoms with Gasteiger partial charge in [-0.25, -0.2) is 9.59 Å². The zero-order chi connectivity index (χ0) is 12.8. The summed E-state index contributed by atoms with van der Waals surface area (Å²) in [6.45, 7) is 1.72. The molecule has 0 rings (SSSR count). The van der Waals surface area contributed by atoms with Gasteiger partial charge in [0.2, 0.25) is 0 Å². The van der Waals surface area contributed by atoms with Crippen LogP contribution >= 0.6 is 0 Å². The summed E-state index contributed by atoms with van der Waals surface area (Å²) in [6, 6.07) is -1.50. The smallest absolute Gasteiger partial charge is 0.383 e. The number of urea groups is 1. The number of hydrogen-bond donors (Lipinski definition) is 2. The van der Waals surface area contributed by atoms with Crippen LogP contribution in [0.15, 0.2) is 0 Å². The van der Waals surface area contributed by atoms with Gasteiger partial charge in [-0.05, 0) is 6.92 Å². The Balaban J connectivity index is 3.86. The highest BCUT2D eigenvalue weighted by molar-refractivity contribution is 5.79. The molecule has 16 heavy (non-hydrogen) atoms. The molecule has 0 fully saturated rings. The topological polar surface area (TPSA) is 76.7 Å². The van der Waals surface area contributed by atoms with Crippen LogP contribution in [0.1, 0.15) is 6.92 Å². The Hall–Kier alpha value is -1.51. The second-order valence-electron chi connectivity index (χ2n) is 2.82. The maximum Gasteiger partial charge on any atom is 0.493 e. The van der Waals surface area contributed by atoms with E-state index in [4.69, 9.17) is 0 Å². The van der Waals surface area contributed by atoms with Gasteiger partial charge in [0.15, 0.2) is 0 Å². The fraction of sp³-hybridized carbons (Fsp3) is 0.714. The summed E-state index contributed by atoms with van der Waals surface area (Å²) in [4.78, 5) is 24.5. The van der Waals surface area contributed by atoms with E-state index in [0.29, 0.717) is 0 Å². The van der Waals surface area contributed by atoms with Gasteiger partial charge in [0.05, 0.1) is 12.6 Å². The minimum Gasteiger partial charge on any atom is -0.383 e.